The van der Waals surface area contributed by atoms with Crippen molar-refractivity contribution in [2.75, 3.05) is 6.61 Å². The summed E-state index contributed by atoms with van der Waals surface area (Å²) in [5.41, 5.74) is 0.0611. The van der Waals surface area contributed by atoms with E-state index in [2.05, 4.69) is 19.2 Å². The van der Waals surface area contributed by atoms with Crippen LogP contribution >= 0.6 is 0 Å². The van der Waals surface area contributed by atoms with Crippen LogP contribution in [0.25, 0.3) is 0 Å². The van der Waals surface area contributed by atoms with Crippen LogP contribution in [0.5, 0.6) is 0 Å². The highest BCUT2D eigenvalue weighted by atomic mass is 16.3. The molecule has 0 bridgehead atoms. The molecule has 2 N–H and O–H groups in total. The number of aliphatic hydroxyl groups excluding tert-OH is 1. The first-order valence-corrected chi connectivity index (χ1v) is 6.61. The lowest BCUT2D eigenvalue weighted by Crippen LogP contribution is -2.50. The molecule has 0 aromatic heterocycles. The van der Waals surface area contributed by atoms with Crippen molar-refractivity contribution in [2.45, 2.75) is 76.8 Å². The maximum Gasteiger partial charge on any atom is 0.0613 e. The molecule has 0 saturated heterocycles. The van der Waals surface area contributed by atoms with Gasteiger partial charge in [0.05, 0.1) is 6.61 Å². The Labute approximate surface area is 94.5 Å². The topological polar surface area (TPSA) is 32.3 Å². The predicted octanol–water partition coefficient (Wildman–Crippen LogP) is 2.85. The van der Waals surface area contributed by atoms with E-state index in [0.29, 0.717) is 12.6 Å². The molecule has 90 valence electrons. The predicted molar refractivity (Wildman–Crippen MR) is 65.0 cm³/mol. The number of hydrogen-bond acceptors (Lipinski definition) is 2. The molecule has 0 heterocycles. The first-order valence-electron chi connectivity index (χ1n) is 6.61. The van der Waals surface area contributed by atoms with Crippen molar-refractivity contribution in [3.63, 3.8) is 0 Å². The molecule has 0 aliphatic heterocycles. The van der Waals surface area contributed by atoms with Crippen molar-refractivity contribution >= 4 is 0 Å². The van der Waals surface area contributed by atoms with Crippen molar-refractivity contribution in [2.24, 2.45) is 0 Å². The van der Waals surface area contributed by atoms with E-state index in [0.717, 1.165) is 12.8 Å². The highest BCUT2D eigenvalue weighted by Crippen LogP contribution is 2.29. The van der Waals surface area contributed by atoms with Crippen LogP contribution in [0.3, 0.4) is 0 Å². The third kappa shape index (κ3) is 4.12. The lowest BCUT2D eigenvalue weighted by atomic mass is 9.96. The van der Waals surface area contributed by atoms with E-state index in [4.69, 9.17) is 0 Å². The zero-order valence-corrected chi connectivity index (χ0v) is 10.4. The Morgan fingerprint density at radius 2 is 1.93 bits per heavy atom. The first kappa shape index (κ1) is 13.0. The normalized spacial score (nSPS) is 21.8. The van der Waals surface area contributed by atoms with E-state index in [9.17, 15) is 5.11 Å². The summed E-state index contributed by atoms with van der Waals surface area (Å²) in [6, 6.07) is 0.557. The monoisotopic (exact) mass is 213 g/mol. The summed E-state index contributed by atoms with van der Waals surface area (Å²) in [7, 11) is 0. The Morgan fingerprint density at radius 1 is 1.27 bits per heavy atom. The Balaban J connectivity index is 2.25. The maximum atomic E-state index is 9.47. The van der Waals surface area contributed by atoms with Gasteiger partial charge in [-0.2, -0.15) is 0 Å². The van der Waals surface area contributed by atoms with Crippen LogP contribution in [0.4, 0.5) is 0 Å². The number of hydrogen-bond donors (Lipinski definition) is 2. The minimum Gasteiger partial charge on any atom is -0.394 e. The van der Waals surface area contributed by atoms with E-state index in [1.165, 1.54) is 38.5 Å². The standard InChI is InChI=1S/C13H27NO/c1-3-4-5-8-12(2)14-13(11-15)9-6-7-10-13/h12,14-15H,3-11H2,1-2H3. The van der Waals surface area contributed by atoms with Crippen LogP contribution in [0.1, 0.15) is 65.2 Å². The first-order chi connectivity index (χ1) is 7.22. The van der Waals surface area contributed by atoms with Gasteiger partial charge in [-0.05, 0) is 26.2 Å². The molecule has 1 rings (SSSR count). The van der Waals surface area contributed by atoms with Crippen LogP contribution in [-0.2, 0) is 0 Å². The van der Waals surface area contributed by atoms with Crippen LogP contribution in [0, 0.1) is 0 Å². The Kier molecular flexibility index (Phi) is 5.62. The van der Waals surface area contributed by atoms with Gasteiger partial charge in [0.25, 0.3) is 0 Å². The van der Waals surface area contributed by atoms with Crippen molar-refractivity contribution in [3.05, 3.63) is 0 Å². The van der Waals surface area contributed by atoms with Crippen LogP contribution in [0.15, 0.2) is 0 Å². The largest absolute Gasteiger partial charge is 0.394 e. The molecule has 1 fully saturated rings. The molecule has 0 aromatic rings. The zero-order valence-electron chi connectivity index (χ0n) is 10.4. The fourth-order valence-electron chi connectivity index (χ4n) is 2.70. The van der Waals surface area contributed by atoms with Crippen molar-refractivity contribution in [3.8, 4) is 0 Å². The van der Waals surface area contributed by atoms with Gasteiger partial charge >= 0.3 is 0 Å². The van der Waals surface area contributed by atoms with Crippen LogP contribution in [0.2, 0.25) is 0 Å². The lowest BCUT2D eigenvalue weighted by molar-refractivity contribution is 0.151. The molecule has 0 spiro atoms. The summed E-state index contributed by atoms with van der Waals surface area (Å²) in [6.07, 6.45) is 10.0. The van der Waals surface area contributed by atoms with Gasteiger partial charge in [-0.3, -0.25) is 0 Å². The van der Waals surface area contributed by atoms with Gasteiger partial charge < -0.3 is 10.4 Å². The van der Waals surface area contributed by atoms with E-state index >= 15 is 0 Å². The Morgan fingerprint density at radius 3 is 2.47 bits per heavy atom. The second-order valence-electron chi connectivity index (χ2n) is 5.19. The van der Waals surface area contributed by atoms with Crippen molar-refractivity contribution in [1.29, 1.82) is 0 Å². The highest BCUT2D eigenvalue weighted by molar-refractivity contribution is 4.93. The lowest BCUT2D eigenvalue weighted by Gasteiger charge is -2.32. The second-order valence-corrected chi connectivity index (χ2v) is 5.19. The summed E-state index contributed by atoms with van der Waals surface area (Å²) in [4.78, 5) is 0. The van der Waals surface area contributed by atoms with Gasteiger partial charge in [-0.15, -0.1) is 0 Å². The number of unbranched alkanes of at least 4 members (excludes halogenated alkanes) is 2. The van der Waals surface area contributed by atoms with Gasteiger partial charge in [-0.25, -0.2) is 0 Å². The average Bonchev–Trinajstić information content (AvgIpc) is 2.67. The van der Waals surface area contributed by atoms with Gasteiger partial charge in [-0.1, -0.05) is 39.0 Å². The molecule has 1 atom stereocenters. The van der Waals surface area contributed by atoms with E-state index < -0.39 is 0 Å². The minimum atomic E-state index is 0.0611. The van der Waals surface area contributed by atoms with Gasteiger partial charge in [0, 0.05) is 11.6 Å². The summed E-state index contributed by atoms with van der Waals surface area (Å²) in [5, 5.41) is 13.1. The van der Waals surface area contributed by atoms with E-state index in [1.54, 1.807) is 0 Å². The van der Waals surface area contributed by atoms with E-state index in [-0.39, 0.29) is 5.54 Å². The molecule has 2 nitrogen and oxygen atoms in total. The summed E-state index contributed by atoms with van der Waals surface area (Å²) >= 11 is 0. The smallest absolute Gasteiger partial charge is 0.0613 e. The fraction of sp³-hybridized carbons (Fsp3) is 1.00. The minimum absolute atomic E-state index is 0.0611. The number of nitrogens with one attached hydrogen (secondary N) is 1. The molecule has 1 aliphatic rings. The van der Waals surface area contributed by atoms with E-state index in [1.807, 2.05) is 0 Å². The summed E-state index contributed by atoms with van der Waals surface area (Å²) in [6.45, 7) is 4.81. The average molecular weight is 213 g/mol. The molecule has 1 unspecified atom stereocenters. The van der Waals surface area contributed by atoms with Gasteiger partial charge in [0.1, 0.15) is 0 Å². The molecular formula is C13H27NO. The van der Waals surface area contributed by atoms with Crippen molar-refractivity contribution < 1.29 is 5.11 Å². The molecular weight excluding hydrogens is 186 g/mol. The Bertz CT molecular complexity index is 164. The summed E-state index contributed by atoms with van der Waals surface area (Å²) < 4.78 is 0. The molecule has 15 heavy (non-hydrogen) atoms. The zero-order chi connectivity index (χ0) is 11.1. The highest BCUT2D eigenvalue weighted by Gasteiger charge is 2.33. The molecule has 0 amide bonds. The SMILES string of the molecule is CCCCCC(C)NC1(CO)CCCC1. The molecule has 2 heteroatoms. The van der Waals surface area contributed by atoms with Gasteiger partial charge in [0.15, 0.2) is 0 Å². The van der Waals surface area contributed by atoms with Crippen molar-refractivity contribution in [1.82, 2.24) is 5.32 Å². The maximum absolute atomic E-state index is 9.47. The van der Waals surface area contributed by atoms with Gasteiger partial charge in [0.2, 0.25) is 0 Å². The van der Waals surface area contributed by atoms with Crippen LogP contribution in [-0.4, -0.2) is 23.3 Å². The molecule has 0 aromatic carbocycles. The third-order valence-corrected chi connectivity index (χ3v) is 3.66. The number of aliphatic hydroxyl groups is 1. The molecule has 1 saturated carbocycles. The second kappa shape index (κ2) is 6.49. The molecule has 1 aliphatic carbocycles. The molecule has 0 radical (unpaired) electrons. The third-order valence-electron chi connectivity index (χ3n) is 3.66. The Hall–Kier alpha value is -0.0800. The quantitative estimate of drug-likeness (QED) is 0.637. The number of rotatable bonds is 7. The summed E-state index contributed by atoms with van der Waals surface area (Å²) in [5.74, 6) is 0. The fourth-order valence-corrected chi connectivity index (χ4v) is 2.70. The van der Waals surface area contributed by atoms with Crippen LogP contribution < -0.4 is 5.32 Å².